The molecule has 1 rings (SSSR count). The summed E-state index contributed by atoms with van der Waals surface area (Å²) in [6.45, 7) is 2.12. The molecule has 4 N–H and O–H groups in total. The van der Waals surface area contributed by atoms with Crippen molar-refractivity contribution in [2.75, 3.05) is 26.7 Å². The summed E-state index contributed by atoms with van der Waals surface area (Å²) >= 11 is 0. The smallest absolute Gasteiger partial charge is 0.239 e. The van der Waals surface area contributed by atoms with Crippen LogP contribution in [0.4, 0.5) is 0 Å². The highest BCUT2D eigenvalue weighted by Crippen LogP contribution is 2.10. The van der Waals surface area contributed by atoms with Crippen molar-refractivity contribution in [2.24, 2.45) is 16.5 Å². The zero-order valence-electron chi connectivity index (χ0n) is 11.4. The summed E-state index contributed by atoms with van der Waals surface area (Å²) in [5.41, 5.74) is 11.4. The van der Waals surface area contributed by atoms with Crippen LogP contribution in [-0.2, 0) is 4.79 Å². The van der Waals surface area contributed by atoms with Crippen LogP contribution in [0.1, 0.15) is 25.7 Å². The van der Waals surface area contributed by atoms with E-state index in [0.717, 1.165) is 25.9 Å². The fourth-order valence-corrected chi connectivity index (χ4v) is 1.96. The van der Waals surface area contributed by atoms with Crippen LogP contribution in [0.25, 0.3) is 0 Å². The van der Waals surface area contributed by atoms with Crippen LogP contribution in [0, 0.1) is 11.5 Å². The van der Waals surface area contributed by atoms with E-state index in [0.29, 0.717) is 19.4 Å². The second-order valence-corrected chi connectivity index (χ2v) is 4.68. The van der Waals surface area contributed by atoms with Crippen molar-refractivity contribution in [1.82, 2.24) is 9.80 Å². The fourth-order valence-electron chi connectivity index (χ4n) is 1.96. The molecule has 7 nitrogen and oxygen atoms in total. The van der Waals surface area contributed by atoms with Crippen LogP contribution in [0.5, 0.6) is 0 Å². The van der Waals surface area contributed by atoms with Gasteiger partial charge in [0.2, 0.25) is 11.9 Å². The van der Waals surface area contributed by atoms with E-state index in [9.17, 15) is 4.79 Å². The molecule has 1 atom stereocenters. The Morgan fingerprint density at radius 3 is 2.74 bits per heavy atom. The van der Waals surface area contributed by atoms with Crippen LogP contribution in [0.2, 0.25) is 0 Å². The number of nitriles is 1. The van der Waals surface area contributed by atoms with E-state index in [1.165, 1.54) is 4.90 Å². The predicted molar refractivity (Wildman–Crippen MR) is 72.9 cm³/mol. The van der Waals surface area contributed by atoms with Gasteiger partial charge in [-0.1, -0.05) is 0 Å². The van der Waals surface area contributed by atoms with Gasteiger partial charge in [-0.3, -0.25) is 14.7 Å². The lowest BCUT2D eigenvalue weighted by atomic mass is 10.1. The lowest BCUT2D eigenvalue weighted by Crippen LogP contribution is -2.42. The minimum Gasteiger partial charge on any atom is -0.369 e. The topological polar surface area (TPSA) is 112 Å². The highest BCUT2D eigenvalue weighted by molar-refractivity contribution is 5.81. The van der Waals surface area contributed by atoms with Gasteiger partial charge in [-0.15, -0.1) is 0 Å². The maximum atomic E-state index is 11.9. The maximum absolute atomic E-state index is 11.9. The average molecular weight is 266 g/mol. The van der Waals surface area contributed by atoms with E-state index in [2.05, 4.69) is 4.99 Å². The molecule has 0 aliphatic carbocycles. The van der Waals surface area contributed by atoms with Crippen molar-refractivity contribution in [3.63, 3.8) is 0 Å². The van der Waals surface area contributed by atoms with E-state index < -0.39 is 6.04 Å². The summed E-state index contributed by atoms with van der Waals surface area (Å²) < 4.78 is 0. The van der Waals surface area contributed by atoms with Gasteiger partial charge in [0.25, 0.3) is 0 Å². The van der Waals surface area contributed by atoms with Gasteiger partial charge in [-0.25, -0.2) is 0 Å². The molecule has 1 saturated heterocycles. The van der Waals surface area contributed by atoms with E-state index >= 15 is 0 Å². The van der Waals surface area contributed by atoms with Crippen LogP contribution in [0.15, 0.2) is 4.99 Å². The number of nitrogens with two attached hydrogens (primary N) is 2. The number of carbonyl (C=O) groups excluding carboxylic acids is 1. The Morgan fingerprint density at radius 2 is 2.16 bits per heavy atom. The Morgan fingerprint density at radius 1 is 1.53 bits per heavy atom. The Labute approximate surface area is 113 Å². The van der Waals surface area contributed by atoms with Crippen molar-refractivity contribution in [3.8, 4) is 6.19 Å². The van der Waals surface area contributed by atoms with Gasteiger partial charge in [0.05, 0.1) is 6.04 Å². The van der Waals surface area contributed by atoms with Gasteiger partial charge < -0.3 is 16.4 Å². The third-order valence-corrected chi connectivity index (χ3v) is 3.18. The number of nitrogens with zero attached hydrogens (tertiary/aromatic N) is 4. The Kier molecular flexibility index (Phi) is 6.09. The molecule has 106 valence electrons. The largest absolute Gasteiger partial charge is 0.369 e. The number of guanidine groups is 1. The van der Waals surface area contributed by atoms with Crippen molar-refractivity contribution in [1.29, 1.82) is 5.26 Å². The number of aliphatic imine (C=N–C) groups is 1. The third-order valence-electron chi connectivity index (χ3n) is 3.18. The first-order valence-electron chi connectivity index (χ1n) is 6.54. The molecular formula is C12H22N6O. The first kappa shape index (κ1) is 15.2. The molecule has 0 aromatic rings. The van der Waals surface area contributed by atoms with E-state index in [1.807, 2.05) is 11.1 Å². The summed E-state index contributed by atoms with van der Waals surface area (Å²) in [6.07, 6.45) is 5.27. The number of rotatable bonds is 5. The molecule has 0 radical (unpaired) electrons. The van der Waals surface area contributed by atoms with Gasteiger partial charge in [-0.05, 0) is 25.7 Å². The quantitative estimate of drug-likeness (QED) is 0.228. The molecule has 19 heavy (non-hydrogen) atoms. The van der Waals surface area contributed by atoms with Gasteiger partial charge >= 0.3 is 0 Å². The van der Waals surface area contributed by atoms with Crippen molar-refractivity contribution in [2.45, 2.75) is 31.7 Å². The zero-order valence-corrected chi connectivity index (χ0v) is 11.4. The highest BCUT2D eigenvalue weighted by atomic mass is 16.2. The minimum atomic E-state index is -0.455. The van der Waals surface area contributed by atoms with Gasteiger partial charge in [0.1, 0.15) is 0 Å². The zero-order chi connectivity index (χ0) is 14.3. The van der Waals surface area contributed by atoms with E-state index in [1.54, 1.807) is 7.05 Å². The number of hydrogen-bond acceptors (Lipinski definition) is 4. The molecule has 0 spiro atoms. The van der Waals surface area contributed by atoms with Crippen molar-refractivity contribution >= 4 is 11.9 Å². The molecule has 7 heteroatoms. The van der Waals surface area contributed by atoms with Gasteiger partial charge in [0, 0.05) is 26.7 Å². The monoisotopic (exact) mass is 266 g/mol. The molecule has 1 aliphatic rings. The first-order chi connectivity index (χ1) is 9.06. The molecule has 1 aliphatic heterocycles. The molecule has 0 aromatic heterocycles. The van der Waals surface area contributed by atoms with Crippen LogP contribution >= 0.6 is 0 Å². The second kappa shape index (κ2) is 7.59. The molecule has 1 amide bonds. The fraction of sp³-hybridized carbons (Fsp3) is 0.750. The van der Waals surface area contributed by atoms with Gasteiger partial charge in [-0.2, -0.15) is 5.26 Å². The standard InChI is InChI=1S/C12H22N6O/c1-17(9-13)12(15)16-6-4-5-10(14)11(19)18-7-2-3-8-18/h10H,2-8,14H2,1H3,(H2,15,16)/t10-/m0/s1. The Balaban J connectivity index is 2.25. The maximum Gasteiger partial charge on any atom is 0.239 e. The minimum absolute atomic E-state index is 0.0311. The summed E-state index contributed by atoms with van der Waals surface area (Å²) in [4.78, 5) is 19.0. The SMILES string of the molecule is CN(C#N)C(N)=NCCC[C@H](N)C(=O)N1CCCC1. The molecule has 1 fully saturated rings. The van der Waals surface area contributed by atoms with E-state index in [4.69, 9.17) is 16.7 Å². The predicted octanol–water partition coefficient (Wildman–Crippen LogP) is -0.556. The van der Waals surface area contributed by atoms with Gasteiger partial charge in [0.15, 0.2) is 6.19 Å². The number of amides is 1. The Bertz CT molecular complexity index is 369. The summed E-state index contributed by atoms with van der Waals surface area (Å²) in [5.74, 6) is 0.213. The van der Waals surface area contributed by atoms with Crippen molar-refractivity contribution in [3.05, 3.63) is 0 Å². The second-order valence-electron chi connectivity index (χ2n) is 4.68. The van der Waals surface area contributed by atoms with Crippen LogP contribution < -0.4 is 11.5 Å². The normalized spacial score (nSPS) is 17.1. The summed E-state index contributed by atoms with van der Waals surface area (Å²) in [6, 6.07) is -0.455. The van der Waals surface area contributed by atoms with Crippen LogP contribution in [0.3, 0.4) is 0 Å². The number of likely N-dealkylation sites (tertiary alicyclic amines) is 1. The molecular weight excluding hydrogens is 244 g/mol. The van der Waals surface area contributed by atoms with Crippen molar-refractivity contribution < 1.29 is 4.79 Å². The summed E-state index contributed by atoms with van der Waals surface area (Å²) in [7, 11) is 1.54. The third kappa shape index (κ3) is 4.75. The average Bonchev–Trinajstić information content (AvgIpc) is 2.95. The lowest BCUT2D eigenvalue weighted by molar-refractivity contribution is -0.131. The number of hydrogen-bond donors (Lipinski definition) is 2. The lowest BCUT2D eigenvalue weighted by Gasteiger charge is -2.19. The highest BCUT2D eigenvalue weighted by Gasteiger charge is 2.22. The summed E-state index contributed by atoms with van der Waals surface area (Å²) in [5, 5.41) is 8.59. The molecule has 0 saturated carbocycles. The molecule has 0 unspecified atom stereocenters. The molecule has 0 bridgehead atoms. The Hall–Kier alpha value is -1.81. The first-order valence-corrected chi connectivity index (χ1v) is 6.54. The number of carbonyl (C=O) groups is 1. The molecule has 0 aromatic carbocycles. The molecule has 1 heterocycles. The van der Waals surface area contributed by atoms with E-state index in [-0.39, 0.29) is 11.9 Å². The van der Waals surface area contributed by atoms with Crippen LogP contribution in [-0.4, -0.2) is 54.4 Å².